The summed E-state index contributed by atoms with van der Waals surface area (Å²) < 4.78 is 0. The second kappa shape index (κ2) is 10.5. The zero-order valence-electron chi connectivity index (χ0n) is 24.7. The summed E-state index contributed by atoms with van der Waals surface area (Å²) >= 11 is 0. The van der Waals surface area contributed by atoms with Gasteiger partial charge in [-0.25, -0.2) is 19.9 Å². The monoisotopic (exact) mass is 557 g/mol. The number of pyridine rings is 2. The second-order valence-electron chi connectivity index (χ2n) is 11.9. The third kappa shape index (κ3) is 5.15. The van der Waals surface area contributed by atoms with Gasteiger partial charge in [0, 0.05) is 44.3 Å². The van der Waals surface area contributed by atoms with E-state index >= 15 is 0 Å². The Kier molecular flexibility index (Phi) is 6.51. The van der Waals surface area contributed by atoms with Crippen LogP contribution in [0, 0.1) is 6.92 Å². The molecule has 0 fully saturated rings. The van der Waals surface area contributed by atoms with E-state index in [4.69, 9.17) is 24.9 Å². The molecule has 0 spiro atoms. The first-order valence-electron chi connectivity index (χ1n) is 14.5. The fraction of sp³-hybridized carbons (Fsp3) is 0.132. The highest BCUT2D eigenvalue weighted by Crippen LogP contribution is 2.35. The maximum Gasteiger partial charge on any atom is 0.164 e. The summed E-state index contributed by atoms with van der Waals surface area (Å²) in [4.78, 5) is 24.8. The molecule has 0 amide bonds. The van der Waals surface area contributed by atoms with E-state index in [1.54, 1.807) is 0 Å². The van der Waals surface area contributed by atoms with Gasteiger partial charge in [-0.3, -0.25) is 4.98 Å². The van der Waals surface area contributed by atoms with Crippen LogP contribution in [0.15, 0.2) is 115 Å². The van der Waals surface area contributed by atoms with Crippen molar-refractivity contribution in [2.75, 3.05) is 0 Å². The second-order valence-corrected chi connectivity index (χ2v) is 11.9. The van der Waals surface area contributed by atoms with Crippen LogP contribution in [0.25, 0.3) is 67.1 Å². The Hall–Kier alpha value is -5.29. The molecule has 0 bridgehead atoms. The minimum atomic E-state index is -0.0565. The van der Waals surface area contributed by atoms with Crippen LogP contribution >= 0.6 is 0 Å². The maximum atomic E-state index is 5.10. The molecule has 0 aliphatic carbocycles. The molecule has 5 nitrogen and oxygen atoms in total. The van der Waals surface area contributed by atoms with Crippen molar-refractivity contribution in [3.8, 4) is 45.3 Å². The molecule has 0 N–H and O–H groups in total. The number of rotatable bonds is 4. The topological polar surface area (TPSA) is 64.5 Å². The molecular weight excluding hydrogens is 526 g/mol. The molecule has 7 rings (SSSR count). The van der Waals surface area contributed by atoms with Crippen LogP contribution in [-0.4, -0.2) is 24.9 Å². The van der Waals surface area contributed by atoms with Gasteiger partial charge < -0.3 is 0 Å². The fourth-order valence-electron chi connectivity index (χ4n) is 5.42. The molecule has 3 heterocycles. The number of benzene rings is 4. The Morgan fingerprint density at radius 1 is 0.465 bits per heavy atom. The fourth-order valence-corrected chi connectivity index (χ4v) is 5.42. The Morgan fingerprint density at radius 3 is 1.65 bits per heavy atom. The van der Waals surface area contributed by atoms with Crippen LogP contribution in [0.1, 0.15) is 32.2 Å². The normalized spacial score (nSPS) is 11.7. The first-order chi connectivity index (χ1) is 20.8. The van der Waals surface area contributed by atoms with E-state index in [1.165, 1.54) is 0 Å². The zero-order chi connectivity index (χ0) is 29.6. The van der Waals surface area contributed by atoms with Crippen molar-refractivity contribution in [3.63, 3.8) is 0 Å². The minimum Gasteiger partial charge on any atom is -0.251 e. The Labute approximate surface area is 251 Å². The summed E-state index contributed by atoms with van der Waals surface area (Å²) in [5.74, 6) is 1.92. The van der Waals surface area contributed by atoms with Gasteiger partial charge in [0.15, 0.2) is 17.5 Å². The number of fused-ring (bicyclic) bond motifs is 3. The first-order valence-corrected chi connectivity index (χ1v) is 14.5. The molecule has 208 valence electrons. The average molecular weight is 558 g/mol. The molecule has 4 aromatic carbocycles. The molecule has 0 atom stereocenters. The molecule has 43 heavy (non-hydrogen) atoms. The maximum absolute atomic E-state index is 5.10. The lowest BCUT2D eigenvalue weighted by molar-refractivity contribution is 0.571. The Balaban J connectivity index is 1.40. The van der Waals surface area contributed by atoms with Gasteiger partial charge in [0.2, 0.25) is 0 Å². The van der Waals surface area contributed by atoms with Crippen molar-refractivity contribution in [2.24, 2.45) is 0 Å². The standard InChI is InChI=1S/C38H31N5/c1-24-22-31(30-20-18-25-19-21-32(38(2,3)4)40-33(25)34(30)39-24)28-16-11-17-29(23-28)37-42-35(26-12-7-5-8-13-26)41-36(43-37)27-14-9-6-10-15-27/h5-23H,1-4H3. The summed E-state index contributed by atoms with van der Waals surface area (Å²) in [6.07, 6.45) is 0. The van der Waals surface area contributed by atoms with E-state index in [2.05, 4.69) is 75.4 Å². The van der Waals surface area contributed by atoms with Gasteiger partial charge in [0.05, 0.1) is 11.0 Å². The summed E-state index contributed by atoms with van der Waals surface area (Å²) in [5.41, 5.74) is 8.79. The third-order valence-electron chi connectivity index (χ3n) is 7.67. The van der Waals surface area contributed by atoms with Crippen molar-refractivity contribution < 1.29 is 0 Å². The van der Waals surface area contributed by atoms with Crippen LogP contribution in [0.4, 0.5) is 0 Å². The predicted molar refractivity (Wildman–Crippen MR) is 176 cm³/mol. The van der Waals surface area contributed by atoms with Gasteiger partial charge in [-0.2, -0.15) is 0 Å². The van der Waals surface area contributed by atoms with Gasteiger partial charge in [-0.05, 0) is 36.2 Å². The lowest BCUT2D eigenvalue weighted by atomic mass is 9.91. The molecule has 0 radical (unpaired) electrons. The van der Waals surface area contributed by atoms with E-state index in [-0.39, 0.29) is 5.41 Å². The zero-order valence-corrected chi connectivity index (χ0v) is 24.7. The lowest BCUT2D eigenvalue weighted by Gasteiger charge is -2.18. The van der Waals surface area contributed by atoms with Gasteiger partial charge in [0.1, 0.15) is 0 Å². The van der Waals surface area contributed by atoms with Crippen LogP contribution < -0.4 is 0 Å². The molecule has 5 heteroatoms. The molecule has 0 aliphatic heterocycles. The molecule has 7 aromatic rings. The smallest absolute Gasteiger partial charge is 0.164 e. The molecule has 0 unspecified atom stereocenters. The average Bonchev–Trinajstić information content (AvgIpc) is 3.04. The molecule has 0 saturated heterocycles. The number of hydrogen-bond donors (Lipinski definition) is 0. The first kappa shape index (κ1) is 26.6. The van der Waals surface area contributed by atoms with Crippen LogP contribution in [0.5, 0.6) is 0 Å². The Bertz CT molecular complexity index is 2060. The van der Waals surface area contributed by atoms with E-state index in [0.717, 1.165) is 61.0 Å². The number of nitrogens with zero attached hydrogens (tertiary/aromatic N) is 5. The summed E-state index contributed by atoms with van der Waals surface area (Å²) in [6, 6.07) is 39.3. The number of aromatic nitrogens is 5. The van der Waals surface area contributed by atoms with Crippen LogP contribution in [-0.2, 0) is 5.41 Å². The largest absolute Gasteiger partial charge is 0.251 e. The van der Waals surface area contributed by atoms with Gasteiger partial charge >= 0.3 is 0 Å². The van der Waals surface area contributed by atoms with Crippen molar-refractivity contribution in [1.82, 2.24) is 24.9 Å². The summed E-state index contributed by atoms with van der Waals surface area (Å²) in [6.45, 7) is 8.62. The summed E-state index contributed by atoms with van der Waals surface area (Å²) in [7, 11) is 0. The number of aryl methyl sites for hydroxylation is 1. The van der Waals surface area contributed by atoms with Crippen molar-refractivity contribution in [3.05, 3.63) is 127 Å². The SMILES string of the molecule is Cc1cc(-c2cccc(-c3nc(-c4ccccc4)nc(-c4ccccc4)n3)c2)c2ccc3ccc(C(C)(C)C)nc3c2n1. The predicted octanol–water partition coefficient (Wildman–Crippen LogP) is 9.24. The van der Waals surface area contributed by atoms with E-state index in [1.807, 2.05) is 67.6 Å². The highest BCUT2D eigenvalue weighted by Gasteiger charge is 2.18. The quantitative estimate of drug-likeness (QED) is 0.202. The van der Waals surface area contributed by atoms with Gasteiger partial charge in [-0.15, -0.1) is 0 Å². The Morgan fingerprint density at radius 2 is 1.02 bits per heavy atom. The number of hydrogen-bond acceptors (Lipinski definition) is 5. The van der Waals surface area contributed by atoms with Crippen LogP contribution in [0.3, 0.4) is 0 Å². The van der Waals surface area contributed by atoms with Crippen molar-refractivity contribution >= 4 is 21.8 Å². The van der Waals surface area contributed by atoms with Gasteiger partial charge in [-0.1, -0.05) is 118 Å². The molecular formula is C38H31N5. The van der Waals surface area contributed by atoms with Crippen molar-refractivity contribution in [1.29, 1.82) is 0 Å². The summed E-state index contributed by atoms with van der Waals surface area (Å²) in [5, 5.41) is 2.16. The molecule has 0 aliphatic rings. The highest BCUT2D eigenvalue weighted by molar-refractivity contribution is 6.08. The molecule has 0 saturated carbocycles. The molecule has 3 aromatic heterocycles. The third-order valence-corrected chi connectivity index (χ3v) is 7.67. The van der Waals surface area contributed by atoms with E-state index < -0.39 is 0 Å². The highest BCUT2D eigenvalue weighted by atomic mass is 15.0. The minimum absolute atomic E-state index is 0.0565. The van der Waals surface area contributed by atoms with E-state index in [0.29, 0.717) is 17.5 Å². The van der Waals surface area contributed by atoms with Crippen molar-refractivity contribution in [2.45, 2.75) is 33.1 Å². The van der Waals surface area contributed by atoms with E-state index in [9.17, 15) is 0 Å². The van der Waals surface area contributed by atoms with Gasteiger partial charge in [0.25, 0.3) is 0 Å². The lowest BCUT2D eigenvalue weighted by Crippen LogP contribution is -2.13. The van der Waals surface area contributed by atoms with Crippen LogP contribution in [0.2, 0.25) is 0 Å².